The van der Waals surface area contributed by atoms with Crippen LogP contribution in [0.2, 0.25) is 0 Å². The van der Waals surface area contributed by atoms with Gasteiger partial charge in [-0.1, -0.05) is 19.1 Å². The van der Waals surface area contributed by atoms with Crippen molar-refractivity contribution in [1.29, 1.82) is 0 Å². The van der Waals surface area contributed by atoms with E-state index in [9.17, 15) is 14.9 Å². The zero-order valence-corrected chi connectivity index (χ0v) is 14.2. The average molecular weight is 342 g/mol. The molecule has 2 rings (SSSR count). The van der Waals surface area contributed by atoms with Crippen LogP contribution in [0.1, 0.15) is 25.3 Å². The number of carbonyl (C=O) groups is 1. The molecule has 0 aliphatic carbocycles. The Balaban J connectivity index is 0.00000264. The van der Waals surface area contributed by atoms with E-state index >= 15 is 0 Å². The molecule has 0 atom stereocenters. The summed E-state index contributed by atoms with van der Waals surface area (Å²) in [6.07, 6.45) is 2.40. The minimum atomic E-state index is -0.430. The summed E-state index contributed by atoms with van der Waals surface area (Å²) in [7, 11) is 0. The minimum absolute atomic E-state index is 0. The first-order chi connectivity index (χ1) is 10.6. The molecule has 1 fully saturated rings. The Labute approximate surface area is 142 Å². The highest BCUT2D eigenvalue weighted by Crippen LogP contribution is 2.18. The van der Waals surface area contributed by atoms with Gasteiger partial charge in [0, 0.05) is 25.2 Å². The predicted molar refractivity (Wildman–Crippen MR) is 91.9 cm³/mol. The molecule has 0 spiro atoms. The molecule has 1 aromatic rings. The van der Waals surface area contributed by atoms with Crippen LogP contribution in [-0.4, -0.2) is 41.9 Å². The van der Waals surface area contributed by atoms with Crippen molar-refractivity contribution >= 4 is 24.0 Å². The lowest BCUT2D eigenvalue weighted by Gasteiger charge is -2.32. The second-order valence-electron chi connectivity index (χ2n) is 5.73. The summed E-state index contributed by atoms with van der Waals surface area (Å²) in [5, 5.41) is 14.0. The molecule has 0 saturated carbocycles. The van der Waals surface area contributed by atoms with Crippen molar-refractivity contribution in [3.63, 3.8) is 0 Å². The van der Waals surface area contributed by atoms with E-state index in [0.29, 0.717) is 12.3 Å². The van der Waals surface area contributed by atoms with Crippen LogP contribution in [0.15, 0.2) is 24.3 Å². The standard InChI is InChI=1S/C16H23N3O3.ClH/c1-2-17-12-14-7-9-18(10-8-14)16(20)11-13-3-5-15(6-4-13)19(21)22;/h3-6,14,17H,2,7-12H2,1H3;1H. The van der Waals surface area contributed by atoms with E-state index in [-0.39, 0.29) is 24.0 Å². The van der Waals surface area contributed by atoms with E-state index in [4.69, 9.17) is 0 Å². The first-order valence-corrected chi connectivity index (χ1v) is 7.82. The molecule has 1 aliphatic rings. The Kier molecular flexibility index (Phi) is 7.98. The summed E-state index contributed by atoms with van der Waals surface area (Å²) in [4.78, 5) is 24.4. The predicted octanol–water partition coefficient (Wildman–Crippen LogP) is 2.41. The third-order valence-electron chi connectivity index (χ3n) is 4.15. The number of piperidine rings is 1. The molecule has 6 nitrogen and oxygen atoms in total. The molecular formula is C16H24ClN3O3. The quantitative estimate of drug-likeness (QED) is 0.637. The van der Waals surface area contributed by atoms with Crippen molar-refractivity contribution < 1.29 is 9.72 Å². The second-order valence-corrected chi connectivity index (χ2v) is 5.73. The molecule has 7 heteroatoms. The lowest BCUT2D eigenvalue weighted by atomic mass is 9.96. The van der Waals surface area contributed by atoms with Crippen LogP contribution in [0.3, 0.4) is 0 Å². The first kappa shape index (κ1) is 19.4. The molecule has 0 aromatic heterocycles. The van der Waals surface area contributed by atoms with Crippen LogP contribution in [0.25, 0.3) is 0 Å². The molecule has 0 bridgehead atoms. The number of non-ortho nitro benzene ring substituents is 1. The molecule has 23 heavy (non-hydrogen) atoms. The number of benzene rings is 1. The van der Waals surface area contributed by atoms with Crippen LogP contribution in [0.5, 0.6) is 0 Å². The normalized spacial score (nSPS) is 15.1. The number of nitro benzene ring substituents is 1. The molecule has 1 aliphatic heterocycles. The van der Waals surface area contributed by atoms with Gasteiger partial charge in [0.05, 0.1) is 11.3 Å². The van der Waals surface area contributed by atoms with Gasteiger partial charge in [0.1, 0.15) is 0 Å². The first-order valence-electron chi connectivity index (χ1n) is 7.82. The molecule has 1 aromatic carbocycles. The Morgan fingerprint density at radius 2 is 1.91 bits per heavy atom. The van der Waals surface area contributed by atoms with Crippen molar-refractivity contribution in [2.24, 2.45) is 5.92 Å². The number of nitro groups is 1. The zero-order valence-electron chi connectivity index (χ0n) is 13.4. The summed E-state index contributed by atoms with van der Waals surface area (Å²) in [5.74, 6) is 0.763. The maximum absolute atomic E-state index is 12.3. The summed E-state index contributed by atoms with van der Waals surface area (Å²) in [6.45, 7) is 5.73. The number of rotatable bonds is 6. The van der Waals surface area contributed by atoms with Gasteiger partial charge in [0.15, 0.2) is 0 Å². The van der Waals surface area contributed by atoms with Crippen LogP contribution >= 0.6 is 12.4 Å². The van der Waals surface area contributed by atoms with E-state index in [1.165, 1.54) is 12.1 Å². The highest BCUT2D eigenvalue weighted by Gasteiger charge is 2.22. The molecule has 0 radical (unpaired) electrons. The maximum Gasteiger partial charge on any atom is 0.269 e. The fourth-order valence-electron chi connectivity index (χ4n) is 2.76. The van der Waals surface area contributed by atoms with Crippen molar-refractivity contribution in [3.05, 3.63) is 39.9 Å². The zero-order chi connectivity index (χ0) is 15.9. The van der Waals surface area contributed by atoms with Crippen LogP contribution in [-0.2, 0) is 11.2 Å². The van der Waals surface area contributed by atoms with E-state index < -0.39 is 4.92 Å². The van der Waals surface area contributed by atoms with Gasteiger partial charge in [-0.15, -0.1) is 12.4 Å². The Hall–Kier alpha value is -1.66. The molecule has 1 saturated heterocycles. The number of amides is 1. The SMILES string of the molecule is CCNCC1CCN(C(=O)Cc2ccc([N+](=O)[O-])cc2)CC1.Cl. The van der Waals surface area contributed by atoms with Gasteiger partial charge in [-0.3, -0.25) is 14.9 Å². The van der Waals surface area contributed by atoms with Crippen LogP contribution in [0.4, 0.5) is 5.69 Å². The van der Waals surface area contributed by atoms with Gasteiger partial charge in [0.2, 0.25) is 5.91 Å². The highest BCUT2D eigenvalue weighted by atomic mass is 35.5. The van der Waals surface area contributed by atoms with Gasteiger partial charge in [0.25, 0.3) is 5.69 Å². The number of hydrogen-bond acceptors (Lipinski definition) is 4. The van der Waals surface area contributed by atoms with Gasteiger partial charge in [-0.25, -0.2) is 0 Å². The summed E-state index contributed by atoms with van der Waals surface area (Å²) in [5.41, 5.74) is 0.880. The number of carbonyl (C=O) groups excluding carboxylic acids is 1. The molecule has 128 valence electrons. The van der Waals surface area contributed by atoms with Gasteiger partial charge in [-0.2, -0.15) is 0 Å². The maximum atomic E-state index is 12.3. The van der Waals surface area contributed by atoms with Crippen molar-refractivity contribution in [2.75, 3.05) is 26.2 Å². The number of hydrogen-bond donors (Lipinski definition) is 1. The third-order valence-corrected chi connectivity index (χ3v) is 4.15. The summed E-state index contributed by atoms with van der Waals surface area (Å²) >= 11 is 0. The van der Waals surface area contributed by atoms with Gasteiger partial charge in [-0.05, 0) is 37.4 Å². The van der Waals surface area contributed by atoms with Crippen LogP contribution in [0, 0.1) is 16.0 Å². The average Bonchev–Trinajstić information content (AvgIpc) is 2.54. The smallest absolute Gasteiger partial charge is 0.269 e. The third kappa shape index (κ3) is 5.80. The lowest BCUT2D eigenvalue weighted by molar-refractivity contribution is -0.384. The minimum Gasteiger partial charge on any atom is -0.342 e. The molecule has 1 heterocycles. The van der Waals surface area contributed by atoms with Crippen molar-refractivity contribution in [3.8, 4) is 0 Å². The number of likely N-dealkylation sites (tertiary alicyclic amines) is 1. The summed E-state index contributed by atoms with van der Waals surface area (Å²) < 4.78 is 0. The van der Waals surface area contributed by atoms with Crippen molar-refractivity contribution in [1.82, 2.24) is 10.2 Å². The van der Waals surface area contributed by atoms with Crippen LogP contribution < -0.4 is 5.32 Å². The topological polar surface area (TPSA) is 75.5 Å². The second kappa shape index (κ2) is 9.47. The van der Waals surface area contributed by atoms with Gasteiger partial charge >= 0.3 is 0 Å². The van der Waals surface area contributed by atoms with Gasteiger partial charge < -0.3 is 10.2 Å². The number of nitrogens with one attached hydrogen (secondary N) is 1. The lowest BCUT2D eigenvalue weighted by Crippen LogP contribution is -2.41. The number of halogens is 1. The largest absolute Gasteiger partial charge is 0.342 e. The monoisotopic (exact) mass is 341 g/mol. The molecular weight excluding hydrogens is 318 g/mol. The highest BCUT2D eigenvalue weighted by molar-refractivity contribution is 5.85. The Morgan fingerprint density at radius 1 is 1.30 bits per heavy atom. The fourth-order valence-corrected chi connectivity index (χ4v) is 2.76. The molecule has 0 unspecified atom stereocenters. The van der Waals surface area contributed by atoms with E-state index in [1.807, 2.05) is 4.90 Å². The molecule has 1 N–H and O–H groups in total. The van der Waals surface area contributed by atoms with Crippen molar-refractivity contribution in [2.45, 2.75) is 26.2 Å². The van der Waals surface area contributed by atoms with E-state index in [0.717, 1.165) is 44.6 Å². The Bertz CT molecular complexity index is 514. The van der Waals surface area contributed by atoms with E-state index in [2.05, 4.69) is 12.2 Å². The summed E-state index contributed by atoms with van der Waals surface area (Å²) in [6, 6.07) is 6.22. The fraction of sp³-hybridized carbons (Fsp3) is 0.562. The number of nitrogens with zero attached hydrogens (tertiary/aromatic N) is 2. The molecule has 1 amide bonds. The Morgan fingerprint density at radius 3 is 2.43 bits per heavy atom. The van der Waals surface area contributed by atoms with E-state index in [1.54, 1.807) is 12.1 Å².